The molecule has 0 saturated carbocycles. The van der Waals surface area contributed by atoms with Gasteiger partial charge < -0.3 is 5.32 Å². The van der Waals surface area contributed by atoms with E-state index in [-0.39, 0.29) is 0 Å². The molecule has 1 rings (SSSR count). The van der Waals surface area contributed by atoms with E-state index in [1.807, 2.05) is 11.9 Å². The Morgan fingerprint density at radius 1 is 1.58 bits per heavy atom. The summed E-state index contributed by atoms with van der Waals surface area (Å²) in [5.41, 5.74) is 0. The molecule has 0 aliphatic carbocycles. The molecule has 0 spiro atoms. The zero-order valence-electron chi connectivity index (χ0n) is 8.34. The van der Waals surface area contributed by atoms with Crippen molar-refractivity contribution in [2.45, 2.75) is 26.3 Å². The highest BCUT2D eigenvalue weighted by Crippen LogP contribution is 2.20. The number of piperidine rings is 1. The van der Waals surface area contributed by atoms with E-state index in [0.29, 0.717) is 0 Å². The van der Waals surface area contributed by atoms with E-state index in [1.165, 1.54) is 19.5 Å². The molecule has 1 aliphatic heterocycles. The van der Waals surface area contributed by atoms with E-state index in [1.54, 1.807) is 0 Å². The Morgan fingerprint density at radius 3 is 2.83 bits per heavy atom. The van der Waals surface area contributed by atoms with Gasteiger partial charge in [0.2, 0.25) is 0 Å². The summed E-state index contributed by atoms with van der Waals surface area (Å²) in [5.74, 6) is 0.797. The molecule has 3 heteroatoms. The molecule has 1 heterocycles. The smallest absolute Gasteiger partial charge is 0.0130 e. The lowest BCUT2D eigenvalue weighted by Crippen LogP contribution is -2.45. The Labute approximate surface area is 80.2 Å². The van der Waals surface area contributed by atoms with Gasteiger partial charge in [0, 0.05) is 19.1 Å². The van der Waals surface area contributed by atoms with Crippen molar-refractivity contribution < 1.29 is 0 Å². The third kappa shape index (κ3) is 2.64. The molecule has 1 saturated heterocycles. The maximum atomic E-state index is 3.54. The predicted octanol–water partition coefficient (Wildman–Crippen LogP) is 1.58. The third-order valence-corrected chi connectivity index (χ3v) is 3.44. The Hall–Kier alpha value is 0.270. The van der Waals surface area contributed by atoms with Crippen molar-refractivity contribution in [3.05, 3.63) is 0 Å². The van der Waals surface area contributed by atoms with Crippen LogP contribution in [0.1, 0.15) is 20.3 Å². The summed E-state index contributed by atoms with van der Waals surface area (Å²) in [4.78, 5) is 0. The van der Waals surface area contributed by atoms with Crippen LogP contribution >= 0.6 is 11.9 Å². The Kier molecular flexibility index (Phi) is 4.40. The molecule has 1 N–H and O–H groups in total. The van der Waals surface area contributed by atoms with Gasteiger partial charge in [0.15, 0.2) is 0 Å². The molecule has 12 heavy (non-hydrogen) atoms. The van der Waals surface area contributed by atoms with Crippen molar-refractivity contribution in [2.24, 2.45) is 5.92 Å². The average Bonchev–Trinajstić information content (AvgIpc) is 2.09. The lowest BCUT2D eigenvalue weighted by atomic mass is 9.95. The summed E-state index contributed by atoms with van der Waals surface area (Å²) in [6, 6.07) is 0.749. The van der Waals surface area contributed by atoms with Crippen LogP contribution in [0.4, 0.5) is 0 Å². The molecule has 0 radical (unpaired) electrons. The minimum atomic E-state index is 0.749. The van der Waals surface area contributed by atoms with Crippen molar-refractivity contribution in [1.82, 2.24) is 9.62 Å². The fourth-order valence-electron chi connectivity index (χ4n) is 1.84. The molecule has 0 aromatic heterocycles. The monoisotopic (exact) mass is 188 g/mol. The highest BCUT2D eigenvalue weighted by atomic mass is 32.2. The zero-order chi connectivity index (χ0) is 8.97. The van der Waals surface area contributed by atoms with E-state index in [2.05, 4.69) is 29.7 Å². The van der Waals surface area contributed by atoms with Crippen LogP contribution in [0, 0.1) is 5.92 Å². The molecule has 1 aliphatic rings. The molecule has 0 aromatic rings. The summed E-state index contributed by atoms with van der Waals surface area (Å²) >= 11 is 1.88. The highest BCUT2D eigenvalue weighted by molar-refractivity contribution is 7.96. The molecule has 2 nitrogen and oxygen atoms in total. The van der Waals surface area contributed by atoms with Gasteiger partial charge in [-0.2, -0.15) is 0 Å². The summed E-state index contributed by atoms with van der Waals surface area (Å²) in [6.07, 6.45) is 3.47. The fourth-order valence-corrected chi connectivity index (χ4v) is 2.51. The normalized spacial score (nSPS) is 32.2. The number of nitrogens with zero attached hydrogens (tertiary/aromatic N) is 1. The number of nitrogens with one attached hydrogen (secondary N) is 1. The van der Waals surface area contributed by atoms with Gasteiger partial charge in [-0.15, -0.1) is 0 Å². The van der Waals surface area contributed by atoms with Gasteiger partial charge in [-0.25, -0.2) is 0 Å². The van der Waals surface area contributed by atoms with E-state index in [4.69, 9.17) is 0 Å². The van der Waals surface area contributed by atoms with Crippen LogP contribution in [0.3, 0.4) is 0 Å². The molecule has 0 aromatic carbocycles. The quantitative estimate of drug-likeness (QED) is 0.677. The first-order chi connectivity index (χ1) is 5.77. The second-order valence-corrected chi connectivity index (χ2v) is 4.38. The molecule has 1 fully saturated rings. The van der Waals surface area contributed by atoms with Crippen LogP contribution in [0.15, 0.2) is 0 Å². The van der Waals surface area contributed by atoms with Crippen LogP contribution in [0.25, 0.3) is 0 Å². The van der Waals surface area contributed by atoms with Gasteiger partial charge in [0.25, 0.3) is 0 Å². The van der Waals surface area contributed by atoms with Gasteiger partial charge in [-0.3, -0.25) is 4.31 Å². The summed E-state index contributed by atoms with van der Waals surface area (Å²) in [7, 11) is 0. The Balaban J connectivity index is 2.31. The van der Waals surface area contributed by atoms with Crippen LogP contribution < -0.4 is 5.32 Å². The number of hydrogen-bond acceptors (Lipinski definition) is 3. The standard InChI is InChI=1S/C9H20N2S/c1-4-10-9-5-6-11(12-3)7-8(9)2/h8-10H,4-7H2,1-3H3. The topological polar surface area (TPSA) is 15.3 Å². The number of rotatable bonds is 3. The summed E-state index contributed by atoms with van der Waals surface area (Å²) in [5, 5.41) is 3.54. The Morgan fingerprint density at radius 2 is 2.33 bits per heavy atom. The van der Waals surface area contributed by atoms with Crippen LogP contribution in [-0.2, 0) is 0 Å². The molecule has 0 amide bonds. The van der Waals surface area contributed by atoms with Gasteiger partial charge in [0.05, 0.1) is 0 Å². The third-order valence-electron chi connectivity index (χ3n) is 2.59. The first-order valence-corrected chi connectivity index (χ1v) is 5.98. The van der Waals surface area contributed by atoms with Gasteiger partial charge >= 0.3 is 0 Å². The Bertz CT molecular complexity index is 130. The lowest BCUT2D eigenvalue weighted by Gasteiger charge is -2.35. The van der Waals surface area contributed by atoms with E-state index >= 15 is 0 Å². The fraction of sp³-hybridized carbons (Fsp3) is 1.00. The zero-order valence-corrected chi connectivity index (χ0v) is 9.16. The van der Waals surface area contributed by atoms with Crippen LogP contribution in [0.2, 0.25) is 0 Å². The highest BCUT2D eigenvalue weighted by Gasteiger charge is 2.24. The van der Waals surface area contributed by atoms with Crippen molar-refractivity contribution in [3.63, 3.8) is 0 Å². The van der Waals surface area contributed by atoms with Gasteiger partial charge in [-0.1, -0.05) is 25.8 Å². The molecule has 2 atom stereocenters. The van der Waals surface area contributed by atoms with Crippen molar-refractivity contribution in [1.29, 1.82) is 0 Å². The molecule has 72 valence electrons. The average molecular weight is 188 g/mol. The van der Waals surface area contributed by atoms with E-state index < -0.39 is 0 Å². The van der Waals surface area contributed by atoms with E-state index in [0.717, 1.165) is 18.5 Å². The first kappa shape index (κ1) is 10.4. The number of hydrogen-bond donors (Lipinski definition) is 1. The minimum absolute atomic E-state index is 0.749. The largest absolute Gasteiger partial charge is 0.314 e. The SMILES string of the molecule is CCNC1CCN(SC)CC1C. The van der Waals surface area contributed by atoms with Crippen molar-refractivity contribution >= 4 is 11.9 Å². The van der Waals surface area contributed by atoms with Gasteiger partial charge in [-0.05, 0) is 25.1 Å². The minimum Gasteiger partial charge on any atom is -0.314 e. The second kappa shape index (κ2) is 5.10. The maximum absolute atomic E-state index is 3.54. The second-order valence-electron chi connectivity index (χ2n) is 3.50. The van der Waals surface area contributed by atoms with Crippen molar-refractivity contribution in [3.8, 4) is 0 Å². The first-order valence-electron chi connectivity index (χ1n) is 4.80. The molecule has 2 unspecified atom stereocenters. The van der Waals surface area contributed by atoms with Gasteiger partial charge in [0.1, 0.15) is 0 Å². The molecular formula is C9H20N2S. The lowest BCUT2D eigenvalue weighted by molar-refractivity contribution is 0.235. The van der Waals surface area contributed by atoms with Crippen molar-refractivity contribution in [2.75, 3.05) is 25.9 Å². The van der Waals surface area contributed by atoms with Crippen LogP contribution in [0.5, 0.6) is 0 Å². The molecule has 0 bridgehead atoms. The predicted molar refractivity (Wildman–Crippen MR) is 56.3 cm³/mol. The summed E-state index contributed by atoms with van der Waals surface area (Å²) < 4.78 is 2.46. The summed E-state index contributed by atoms with van der Waals surface area (Å²) in [6.45, 7) is 8.11. The maximum Gasteiger partial charge on any atom is 0.0130 e. The van der Waals surface area contributed by atoms with Crippen LogP contribution in [-0.4, -0.2) is 36.2 Å². The molecular weight excluding hydrogens is 168 g/mol. The van der Waals surface area contributed by atoms with E-state index in [9.17, 15) is 0 Å².